The normalized spacial score (nSPS) is 13.9. The molecule has 0 bridgehead atoms. The summed E-state index contributed by atoms with van der Waals surface area (Å²) in [5.74, 6) is -0.584. The molecule has 3 heterocycles. The molecule has 7 heteroatoms. The van der Waals surface area contributed by atoms with Gasteiger partial charge in [0.05, 0.1) is 32.9 Å². The lowest BCUT2D eigenvalue weighted by atomic mass is 10.1. The van der Waals surface area contributed by atoms with E-state index >= 15 is 0 Å². The number of fused-ring (bicyclic) bond motifs is 2. The van der Waals surface area contributed by atoms with E-state index in [1.165, 1.54) is 4.90 Å². The third kappa shape index (κ3) is 2.26. The predicted molar refractivity (Wildman–Crippen MR) is 88.5 cm³/mol. The monoisotopic (exact) mass is 389 g/mol. The maximum absolute atomic E-state index is 12.4. The van der Waals surface area contributed by atoms with Crippen LogP contribution in [-0.4, -0.2) is 26.1 Å². The van der Waals surface area contributed by atoms with Crippen molar-refractivity contribution in [3.05, 3.63) is 69.0 Å². The van der Waals surface area contributed by atoms with E-state index in [0.717, 1.165) is 4.47 Å². The Kier molecular flexibility index (Phi) is 3.25. The van der Waals surface area contributed by atoms with E-state index in [0.29, 0.717) is 27.5 Å². The Morgan fingerprint density at radius 3 is 2.39 bits per heavy atom. The number of imide groups is 1. The molecule has 23 heavy (non-hydrogen) atoms. The molecule has 1 aromatic carbocycles. The fourth-order valence-electron chi connectivity index (χ4n) is 2.70. The van der Waals surface area contributed by atoms with Crippen molar-refractivity contribution in [1.82, 2.24) is 14.3 Å². The molecule has 2 amide bonds. The molecule has 0 N–H and O–H groups in total. The van der Waals surface area contributed by atoms with E-state index in [2.05, 4.69) is 20.9 Å². The van der Waals surface area contributed by atoms with Gasteiger partial charge in [0.1, 0.15) is 0 Å². The Balaban J connectivity index is 1.71. The minimum atomic E-state index is -0.292. The van der Waals surface area contributed by atoms with Gasteiger partial charge in [0, 0.05) is 12.4 Å². The van der Waals surface area contributed by atoms with Crippen LogP contribution < -0.4 is 0 Å². The van der Waals surface area contributed by atoms with Gasteiger partial charge in [-0.2, -0.15) is 0 Å². The molecular formula is C16H9BrClN3O2. The van der Waals surface area contributed by atoms with Gasteiger partial charge in [-0.05, 0) is 34.1 Å². The summed E-state index contributed by atoms with van der Waals surface area (Å²) in [4.78, 5) is 30.4. The number of halogens is 2. The van der Waals surface area contributed by atoms with Crippen molar-refractivity contribution in [2.45, 2.75) is 6.54 Å². The van der Waals surface area contributed by atoms with Gasteiger partial charge in [-0.1, -0.05) is 23.7 Å². The number of hydrogen-bond acceptors (Lipinski definition) is 3. The van der Waals surface area contributed by atoms with Crippen LogP contribution in [-0.2, 0) is 6.54 Å². The molecule has 0 unspecified atom stereocenters. The van der Waals surface area contributed by atoms with Crippen molar-refractivity contribution in [1.29, 1.82) is 0 Å². The average Bonchev–Trinajstić information content (AvgIpc) is 3.03. The third-order valence-electron chi connectivity index (χ3n) is 3.72. The van der Waals surface area contributed by atoms with Crippen molar-refractivity contribution in [2.75, 3.05) is 0 Å². The number of imidazole rings is 1. The number of benzene rings is 1. The Hall–Kier alpha value is -2.18. The smallest absolute Gasteiger partial charge is 0.261 e. The Morgan fingerprint density at radius 2 is 1.74 bits per heavy atom. The zero-order valence-corrected chi connectivity index (χ0v) is 14.0. The first-order valence-electron chi connectivity index (χ1n) is 6.82. The van der Waals surface area contributed by atoms with Crippen LogP contribution in [0.5, 0.6) is 0 Å². The first-order chi connectivity index (χ1) is 11.0. The maximum Gasteiger partial charge on any atom is 0.261 e. The number of carbonyl (C=O) groups excluding carboxylic acids is 2. The van der Waals surface area contributed by atoms with Crippen LogP contribution in [0, 0.1) is 0 Å². The second kappa shape index (κ2) is 5.18. The summed E-state index contributed by atoms with van der Waals surface area (Å²) in [7, 11) is 0. The summed E-state index contributed by atoms with van der Waals surface area (Å²) >= 11 is 9.42. The first-order valence-corrected chi connectivity index (χ1v) is 7.99. The van der Waals surface area contributed by atoms with Gasteiger partial charge < -0.3 is 4.40 Å². The van der Waals surface area contributed by atoms with E-state index in [-0.39, 0.29) is 18.4 Å². The molecule has 0 radical (unpaired) electrons. The highest BCUT2D eigenvalue weighted by atomic mass is 79.9. The molecule has 0 atom stereocenters. The highest BCUT2D eigenvalue weighted by molar-refractivity contribution is 9.10. The number of pyridine rings is 1. The SMILES string of the molecule is O=C1c2ccccc2C(=O)N1Cc1cn2cc(Cl)cc(Br)c2n1. The number of amides is 2. The molecule has 0 saturated heterocycles. The lowest BCUT2D eigenvalue weighted by Crippen LogP contribution is -2.29. The van der Waals surface area contributed by atoms with Crippen LogP contribution in [0.25, 0.3) is 5.65 Å². The highest BCUT2D eigenvalue weighted by Crippen LogP contribution is 2.26. The molecule has 3 aromatic rings. The molecule has 0 fully saturated rings. The Bertz CT molecular complexity index is 948. The lowest BCUT2D eigenvalue weighted by Gasteiger charge is -2.11. The van der Waals surface area contributed by atoms with Gasteiger partial charge in [0.25, 0.3) is 11.8 Å². The second-order valence-electron chi connectivity index (χ2n) is 5.21. The summed E-state index contributed by atoms with van der Waals surface area (Å²) in [5, 5.41) is 0.564. The zero-order chi connectivity index (χ0) is 16.1. The molecule has 5 nitrogen and oxygen atoms in total. The molecule has 0 spiro atoms. The summed E-state index contributed by atoms with van der Waals surface area (Å²) in [6, 6.07) is 8.57. The van der Waals surface area contributed by atoms with Gasteiger partial charge >= 0.3 is 0 Å². The van der Waals surface area contributed by atoms with E-state index in [1.807, 2.05) is 0 Å². The van der Waals surface area contributed by atoms with Gasteiger partial charge in [0.15, 0.2) is 5.65 Å². The van der Waals surface area contributed by atoms with E-state index < -0.39 is 0 Å². The average molecular weight is 391 g/mol. The van der Waals surface area contributed by atoms with Crippen molar-refractivity contribution in [3.8, 4) is 0 Å². The number of nitrogens with zero attached hydrogens (tertiary/aromatic N) is 3. The van der Waals surface area contributed by atoms with E-state index in [1.54, 1.807) is 47.1 Å². The van der Waals surface area contributed by atoms with Gasteiger partial charge in [-0.15, -0.1) is 0 Å². The molecular weight excluding hydrogens is 382 g/mol. The van der Waals surface area contributed by atoms with Gasteiger partial charge in [-0.3, -0.25) is 14.5 Å². The molecule has 0 aliphatic carbocycles. The molecule has 1 aliphatic rings. The van der Waals surface area contributed by atoms with Crippen molar-refractivity contribution in [3.63, 3.8) is 0 Å². The lowest BCUT2D eigenvalue weighted by molar-refractivity contribution is 0.0640. The maximum atomic E-state index is 12.4. The predicted octanol–water partition coefficient (Wildman–Crippen LogP) is 3.55. The summed E-state index contributed by atoms with van der Waals surface area (Å²) in [6.45, 7) is 0.123. The van der Waals surface area contributed by atoms with Crippen LogP contribution in [0.3, 0.4) is 0 Å². The quantitative estimate of drug-likeness (QED) is 0.629. The molecule has 4 rings (SSSR count). The fraction of sp³-hybridized carbons (Fsp3) is 0.0625. The minimum Gasteiger partial charge on any atom is -0.304 e. The second-order valence-corrected chi connectivity index (χ2v) is 6.50. The van der Waals surface area contributed by atoms with Crippen molar-refractivity contribution < 1.29 is 9.59 Å². The molecule has 0 saturated carbocycles. The molecule has 114 valence electrons. The Morgan fingerprint density at radius 1 is 1.09 bits per heavy atom. The topological polar surface area (TPSA) is 54.7 Å². The van der Waals surface area contributed by atoms with Crippen LogP contribution in [0.15, 0.2) is 47.2 Å². The van der Waals surface area contributed by atoms with Crippen LogP contribution in [0.1, 0.15) is 26.4 Å². The van der Waals surface area contributed by atoms with E-state index in [9.17, 15) is 9.59 Å². The number of hydrogen-bond donors (Lipinski definition) is 0. The fourth-order valence-corrected chi connectivity index (χ4v) is 3.58. The largest absolute Gasteiger partial charge is 0.304 e. The molecule has 1 aliphatic heterocycles. The van der Waals surface area contributed by atoms with Crippen molar-refractivity contribution >= 4 is 45.0 Å². The standard InChI is InChI=1S/C16H9BrClN3O2/c17-13-5-9(18)6-20-7-10(19-14(13)20)8-21-15(22)11-3-1-2-4-12(11)16(21)23/h1-7H,8H2. The number of aromatic nitrogens is 2. The Labute approximate surface area is 144 Å². The zero-order valence-electron chi connectivity index (χ0n) is 11.7. The van der Waals surface area contributed by atoms with Gasteiger partial charge in [-0.25, -0.2) is 4.98 Å². The third-order valence-corrected chi connectivity index (χ3v) is 4.51. The van der Waals surface area contributed by atoms with Crippen LogP contribution >= 0.6 is 27.5 Å². The van der Waals surface area contributed by atoms with Crippen LogP contribution in [0.2, 0.25) is 5.02 Å². The highest BCUT2D eigenvalue weighted by Gasteiger charge is 2.35. The van der Waals surface area contributed by atoms with Crippen molar-refractivity contribution in [2.24, 2.45) is 0 Å². The minimum absolute atomic E-state index is 0.123. The summed E-state index contributed by atoms with van der Waals surface area (Å²) < 4.78 is 2.51. The van der Waals surface area contributed by atoms with E-state index in [4.69, 9.17) is 11.6 Å². The summed E-state index contributed by atoms with van der Waals surface area (Å²) in [5.41, 5.74) is 2.17. The number of carbonyl (C=O) groups is 2. The number of rotatable bonds is 2. The molecule has 2 aromatic heterocycles. The van der Waals surface area contributed by atoms with Crippen LogP contribution in [0.4, 0.5) is 0 Å². The summed E-state index contributed by atoms with van der Waals surface area (Å²) in [6.07, 6.45) is 3.48. The van der Waals surface area contributed by atoms with Gasteiger partial charge in [0.2, 0.25) is 0 Å². The first kappa shape index (κ1) is 14.4.